The summed E-state index contributed by atoms with van der Waals surface area (Å²) in [6.45, 7) is 6.39. The number of allylic oxidation sites excluding steroid dienone is 20. The van der Waals surface area contributed by atoms with Crippen LogP contribution in [0.1, 0.15) is 310 Å². The second-order valence-electron chi connectivity index (χ2n) is 22.0. The predicted molar refractivity (Wildman–Crippen MR) is 348 cm³/mol. The predicted octanol–water partition coefficient (Wildman–Crippen LogP) is 23.2. The average Bonchev–Trinajstić information content (AvgIpc) is 3.46. The zero-order chi connectivity index (χ0) is 57.8. The highest BCUT2D eigenvalue weighted by molar-refractivity contribution is 5.71. The third kappa shape index (κ3) is 64.6. The van der Waals surface area contributed by atoms with E-state index in [1.165, 1.54) is 135 Å². The molecule has 1 unspecified atom stereocenters. The van der Waals surface area contributed by atoms with Gasteiger partial charge in [0.15, 0.2) is 6.10 Å². The van der Waals surface area contributed by atoms with E-state index >= 15 is 0 Å². The van der Waals surface area contributed by atoms with Gasteiger partial charge in [-0.05, 0) is 128 Å². The van der Waals surface area contributed by atoms with Crippen molar-refractivity contribution in [3.8, 4) is 0 Å². The van der Waals surface area contributed by atoms with Crippen LogP contribution in [0.25, 0.3) is 0 Å². The van der Waals surface area contributed by atoms with Crippen LogP contribution in [-0.4, -0.2) is 37.2 Å². The van der Waals surface area contributed by atoms with Gasteiger partial charge in [0.05, 0.1) is 0 Å². The van der Waals surface area contributed by atoms with E-state index in [0.29, 0.717) is 19.3 Å². The second-order valence-corrected chi connectivity index (χ2v) is 22.0. The van der Waals surface area contributed by atoms with Gasteiger partial charge in [-0.25, -0.2) is 0 Å². The van der Waals surface area contributed by atoms with Crippen molar-refractivity contribution < 1.29 is 28.6 Å². The number of carbonyl (C=O) groups excluding carboxylic acids is 3. The molecule has 0 amide bonds. The van der Waals surface area contributed by atoms with Crippen LogP contribution in [0.15, 0.2) is 122 Å². The van der Waals surface area contributed by atoms with Crippen molar-refractivity contribution in [1.29, 1.82) is 0 Å². The molecule has 0 heterocycles. The fourth-order valence-corrected chi connectivity index (χ4v) is 9.22. The first-order chi connectivity index (χ1) is 39.5. The third-order valence-electron chi connectivity index (χ3n) is 14.2. The van der Waals surface area contributed by atoms with Gasteiger partial charge in [-0.2, -0.15) is 0 Å². The van der Waals surface area contributed by atoms with Gasteiger partial charge in [-0.15, -0.1) is 0 Å². The maximum absolute atomic E-state index is 12.9. The molecule has 80 heavy (non-hydrogen) atoms. The standard InChI is InChI=1S/C74H124O6/c1-4-7-10-13-16-19-22-25-27-29-31-32-33-34-35-36-37-38-39-40-41-42-44-45-47-49-52-55-58-61-64-67-73(76)79-70-71(69-78-72(75)66-63-60-57-54-51-24-21-18-15-12-9-6-3)80-74(77)68-65-62-59-56-53-50-48-46-43-30-28-26-23-20-17-14-11-8-5-2/h7-8,10-11,16-21,25-28,31-32,34-35,43,46,71H,4-6,9,12-15,22-24,29-30,33,36-42,44-45,47-70H2,1-3H3/b10-7-,11-8-,19-16-,20-17-,21-18-,27-25-,28-26-,32-31-,35-34-,46-43-. The van der Waals surface area contributed by atoms with Gasteiger partial charge in [0.25, 0.3) is 0 Å². The van der Waals surface area contributed by atoms with Gasteiger partial charge >= 0.3 is 17.9 Å². The molecule has 0 aliphatic heterocycles. The van der Waals surface area contributed by atoms with Gasteiger partial charge in [0.2, 0.25) is 0 Å². The van der Waals surface area contributed by atoms with Crippen molar-refractivity contribution in [3.05, 3.63) is 122 Å². The van der Waals surface area contributed by atoms with Crippen LogP contribution >= 0.6 is 0 Å². The summed E-state index contributed by atoms with van der Waals surface area (Å²) in [5, 5.41) is 0. The molecule has 456 valence electrons. The number of esters is 3. The Labute approximate surface area is 494 Å². The summed E-state index contributed by atoms with van der Waals surface area (Å²) >= 11 is 0. The quantitative estimate of drug-likeness (QED) is 0.0261. The summed E-state index contributed by atoms with van der Waals surface area (Å²) in [4.78, 5) is 38.3. The van der Waals surface area contributed by atoms with Crippen molar-refractivity contribution >= 4 is 17.9 Å². The Morgan fingerprint density at radius 3 is 0.775 bits per heavy atom. The minimum Gasteiger partial charge on any atom is -0.462 e. The maximum atomic E-state index is 12.9. The topological polar surface area (TPSA) is 78.9 Å². The number of hydrogen-bond acceptors (Lipinski definition) is 6. The lowest BCUT2D eigenvalue weighted by Crippen LogP contribution is -2.30. The number of hydrogen-bond donors (Lipinski definition) is 0. The molecule has 0 aromatic heterocycles. The molecule has 0 aliphatic carbocycles. The van der Waals surface area contributed by atoms with Gasteiger partial charge in [-0.3, -0.25) is 14.4 Å². The van der Waals surface area contributed by atoms with E-state index in [1.54, 1.807) is 0 Å². The molecule has 0 saturated heterocycles. The molecule has 0 aromatic carbocycles. The van der Waals surface area contributed by atoms with Gasteiger partial charge in [0.1, 0.15) is 13.2 Å². The molecule has 0 aliphatic rings. The Kier molecular flexibility index (Phi) is 63.8. The summed E-state index contributed by atoms with van der Waals surface area (Å²) in [7, 11) is 0. The Hall–Kier alpha value is -4.19. The van der Waals surface area contributed by atoms with E-state index in [-0.39, 0.29) is 31.1 Å². The summed E-state index contributed by atoms with van der Waals surface area (Å²) in [6, 6.07) is 0. The molecule has 0 fully saturated rings. The first-order valence-electron chi connectivity index (χ1n) is 33.5. The molecular weight excluding hydrogens is 985 g/mol. The number of unbranched alkanes of at least 4 members (excludes halogenated alkanes) is 29. The van der Waals surface area contributed by atoms with E-state index < -0.39 is 6.10 Å². The molecule has 0 N–H and O–H groups in total. The highest BCUT2D eigenvalue weighted by atomic mass is 16.6. The number of carbonyl (C=O) groups is 3. The summed E-state index contributed by atoms with van der Waals surface area (Å²) in [5.41, 5.74) is 0. The summed E-state index contributed by atoms with van der Waals surface area (Å²) < 4.78 is 16.9. The third-order valence-corrected chi connectivity index (χ3v) is 14.2. The van der Waals surface area contributed by atoms with E-state index in [9.17, 15) is 14.4 Å². The van der Waals surface area contributed by atoms with Crippen molar-refractivity contribution in [2.45, 2.75) is 316 Å². The average molecular weight is 1110 g/mol. The Balaban J connectivity index is 4.24. The lowest BCUT2D eigenvalue weighted by Gasteiger charge is -2.18. The molecule has 1 atom stereocenters. The van der Waals surface area contributed by atoms with Crippen molar-refractivity contribution in [3.63, 3.8) is 0 Å². The van der Waals surface area contributed by atoms with Crippen molar-refractivity contribution in [2.24, 2.45) is 0 Å². The van der Waals surface area contributed by atoms with Crippen LogP contribution in [0.2, 0.25) is 0 Å². The highest BCUT2D eigenvalue weighted by Crippen LogP contribution is 2.16. The summed E-state index contributed by atoms with van der Waals surface area (Å²) in [5.74, 6) is -0.903. The Bertz CT molecular complexity index is 1650. The number of rotatable bonds is 60. The molecule has 0 spiro atoms. The van der Waals surface area contributed by atoms with Gasteiger partial charge in [0, 0.05) is 19.3 Å². The van der Waals surface area contributed by atoms with Crippen LogP contribution in [0.4, 0.5) is 0 Å². The van der Waals surface area contributed by atoms with E-state index in [1.807, 2.05) is 0 Å². The van der Waals surface area contributed by atoms with Crippen LogP contribution < -0.4 is 0 Å². The molecule has 0 bridgehead atoms. The minimum absolute atomic E-state index is 0.0867. The van der Waals surface area contributed by atoms with E-state index in [2.05, 4.69) is 142 Å². The Morgan fingerprint density at radius 2 is 0.487 bits per heavy atom. The number of ether oxygens (including phenoxy) is 3. The highest BCUT2D eigenvalue weighted by Gasteiger charge is 2.19. The van der Waals surface area contributed by atoms with Gasteiger partial charge in [-0.1, -0.05) is 284 Å². The van der Waals surface area contributed by atoms with E-state index in [0.717, 1.165) is 135 Å². The van der Waals surface area contributed by atoms with Crippen LogP contribution in [0.3, 0.4) is 0 Å². The lowest BCUT2D eigenvalue weighted by atomic mass is 10.0. The largest absolute Gasteiger partial charge is 0.462 e. The molecule has 0 rings (SSSR count). The molecule has 0 saturated carbocycles. The first-order valence-corrected chi connectivity index (χ1v) is 33.5. The zero-order valence-electron chi connectivity index (χ0n) is 52.3. The SMILES string of the molecule is CC/C=C\C/C=C\C/C=C\C/C=C\C/C=C\CCCCCCCCCCCCCCCCCC(=O)OCC(COC(=O)CCCCCCC/C=C\CCCCC)OC(=O)CCCCCCCC/C=C\C/C=C\C/C=C\C/C=C\CC. The smallest absolute Gasteiger partial charge is 0.306 e. The minimum atomic E-state index is -0.792. The first kappa shape index (κ1) is 75.8. The maximum Gasteiger partial charge on any atom is 0.306 e. The zero-order valence-corrected chi connectivity index (χ0v) is 52.3. The molecule has 6 nitrogen and oxygen atoms in total. The van der Waals surface area contributed by atoms with Crippen molar-refractivity contribution in [2.75, 3.05) is 13.2 Å². The van der Waals surface area contributed by atoms with Crippen LogP contribution in [0.5, 0.6) is 0 Å². The van der Waals surface area contributed by atoms with Crippen molar-refractivity contribution in [1.82, 2.24) is 0 Å². The Morgan fingerprint density at radius 1 is 0.263 bits per heavy atom. The lowest BCUT2D eigenvalue weighted by molar-refractivity contribution is -0.167. The van der Waals surface area contributed by atoms with E-state index in [4.69, 9.17) is 14.2 Å². The molecular formula is C74H124O6. The summed E-state index contributed by atoms with van der Waals surface area (Å²) in [6.07, 6.45) is 93.6. The fraction of sp³-hybridized carbons (Fsp3) is 0.689. The molecule has 0 radical (unpaired) electrons. The van der Waals surface area contributed by atoms with Crippen LogP contribution in [-0.2, 0) is 28.6 Å². The molecule has 0 aromatic rings. The second kappa shape index (κ2) is 67.3. The van der Waals surface area contributed by atoms with Gasteiger partial charge < -0.3 is 14.2 Å². The van der Waals surface area contributed by atoms with Crippen LogP contribution in [0, 0.1) is 0 Å². The normalized spacial score (nSPS) is 12.9. The monoisotopic (exact) mass is 1110 g/mol. The fourth-order valence-electron chi connectivity index (χ4n) is 9.22. The molecule has 6 heteroatoms.